The minimum Gasteiger partial charge on any atom is -0.390 e. The van der Waals surface area contributed by atoms with E-state index in [2.05, 4.69) is 23.8 Å². The first-order valence-corrected chi connectivity index (χ1v) is 6.89. The molecule has 1 N–H and O–H groups in total. The van der Waals surface area contributed by atoms with Gasteiger partial charge in [0, 0.05) is 6.42 Å². The largest absolute Gasteiger partial charge is 0.390 e. The third kappa shape index (κ3) is 2.82. The molecule has 84 valence electrons. The van der Waals surface area contributed by atoms with Crippen LogP contribution in [0.4, 0.5) is 0 Å². The summed E-state index contributed by atoms with van der Waals surface area (Å²) in [6.07, 6.45) is 6.51. The molecule has 0 atom stereocenters. The highest BCUT2D eigenvalue weighted by atomic mass is 32.1. The SMILES string of the molecule is CCC1CCC(O)(Cc2ccsc2)CC1. The van der Waals surface area contributed by atoms with E-state index in [0.717, 1.165) is 25.2 Å². The van der Waals surface area contributed by atoms with Crippen LogP contribution in [0.1, 0.15) is 44.6 Å². The van der Waals surface area contributed by atoms with Gasteiger partial charge in [-0.2, -0.15) is 11.3 Å². The minimum absolute atomic E-state index is 0.410. The third-order valence-electron chi connectivity index (χ3n) is 3.73. The summed E-state index contributed by atoms with van der Waals surface area (Å²) in [6, 6.07) is 2.13. The highest BCUT2D eigenvalue weighted by Crippen LogP contribution is 2.35. The molecule has 0 saturated heterocycles. The molecule has 0 aromatic carbocycles. The Hall–Kier alpha value is -0.340. The van der Waals surface area contributed by atoms with Crippen molar-refractivity contribution in [2.45, 2.75) is 51.0 Å². The molecule has 0 unspecified atom stereocenters. The van der Waals surface area contributed by atoms with Crippen molar-refractivity contribution in [2.24, 2.45) is 5.92 Å². The summed E-state index contributed by atoms with van der Waals surface area (Å²) in [5.41, 5.74) is 0.893. The molecule has 0 aliphatic heterocycles. The molecule has 1 heterocycles. The summed E-state index contributed by atoms with van der Waals surface area (Å²) >= 11 is 1.72. The molecule has 1 saturated carbocycles. The van der Waals surface area contributed by atoms with E-state index < -0.39 is 5.60 Å². The Balaban J connectivity index is 1.92. The molecule has 1 aromatic rings. The molecular weight excluding hydrogens is 204 g/mol. The number of hydrogen-bond donors (Lipinski definition) is 1. The van der Waals surface area contributed by atoms with Crippen molar-refractivity contribution in [1.29, 1.82) is 0 Å². The van der Waals surface area contributed by atoms with Crippen LogP contribution >= 0.6 is 11.3 Å². The molecular formula is C13H20OS. The lowest BCUT2D eigenvalue weighted by Gasteiger charge is -2.35. The zero-order chi connectivity index (χ0) is 10.7. The number of rotatable bonds is 3. The van der Waals surface area contributed by atoms with Crippen LogP contribution in [-0.2, 0) is 6.42 Å². The molecule has 2 heteroatoms. The van der Waals surface area contributed by atoms with Crippen molar-refractivity contribution in [3.05, 3.63) is 22.4 Å². The monoisotopic (exact) mass is 224 g/mol. The van der Waals surface area contributed by atoms with Crippen molar-refractivity contribution in [3.63, 3.8) is 0 Å². The maximum atomic E-state index is 10.5. The Bertz CT molecular complexity index is 283. The van der Waals surface area contributed by atoms with Crippen LogP contribution in [0.2, 0.25) is 0 Å². The van der Waals surface area contributed by atoms with Crippen LogP contribution < -0.4 is 0 Å². The second kappa shape index (κ2) is 4.67. The number of thiophene rings is 1. The van der Waals surface area contributed by atoms with Crippen LogP contribution in [0.3, 0.4) is 0 Å². The molecule has 1 nitrogen and oxygen atoms in total. The lowest BCUT2D eigenvalue weighted by molar-refractivity contribution is -0.00914. The van der Waals surface area contributed by atoms with Gasteiger partial charge in [0.05, 0.1) is 5.60 Å². The van der Waals surface area contributed by atoms with Gasteiger partial charge in [0.25, 0.3) is 0 Å². The van der Waals surface area contributed by atoms with Gasteiger partial charge in [-0.1, -0.05) is 13.3 Å². The fourth-order valence-electron chi connectivity index (χ4n) is 2.57. The van der Waals surface area contributed by atoms with Gasteiger partial charge >= 0.3 is 0 Å². The summed E-state index contributed by atoms with van der Waals surface area (Å²) in [4.78, 5) is 0. The van der Waals surface area contributed by atoms with Gasteiger partial charge < -0.3 is 5.11 Å². The molecule has 1 aliphatic rings. The van der Waals surface area contributed by atoms with Gasteiger partial charge in [-0.25, -0.2) is 0 Å². The molecule has 1 aromatic heterocycles. The first-order valence-electron chi connectivity index (χ1n) is 5.95. The predicted octanol–water partition coefficient (Wildman–Crippen LogP) is 3.62. The van der Waals surface area contributed by atoms with E-state index in [1.807, 2.05) is 0 Å². The normalized spacial score (nSPS) is 31.7. The molecule has 15 heavy (non-hydrogen) atoms. The van der Waals surface area contributed by atoms with Crippen molar-refractivity contribution in [1.82, 2.24) is 0 Å². The van der Waals surface area contributed by atoms with E-state index in [1.165, 1.54) is 24.8 Å². The van der Waals surface area contributed by atoms with Crippen molar-refractivity contribution < 1.29 is 5.11 Å². The topological polar surface area (TPSA) is 20.2 Å². The van der Waals surface area contributed by atoms with Gasteiger partial charge in [-0.05, 0) is 54.0 Å². The van der Waals surface area contributed by atoms with Crippen molar-refractivity contribution in [3.8, 4) is 0 Å². The number of aliphatic hydroxyl groups is 1. The summed E-state index contributed by atoms with van der Waals surface area (Å²) in [6.45, 7) is 2.26. The van der Waals surface area contributed by atoms with Crippen LogP contribution in [0.25, 0.3) is 0 Å². The van der Waals surface area contributed by atoms with E-state index in [4.69, 9.17) is 0 Å². The van der Waals surface area contributed by atoms with Gasteiger partial charge in [-0.15, -0.1) is 0 Å². The fourth-order valence-corrected chi connectivity index (χ4v) is 3.24. The molecule has 1 fully saturated rings. The maximum absolute atomic E-state index is 10.5. The summed E-state index contributed by atoms with van der Waals surface area (Å²) in [5, 5.41) is 14.7. The Morgan fingerprint density at radius 2 is 2.20 bits per heavy atom. The van der Waals surface area contributed by atoms with Gasteiger partial charge in [0.15, 0.2) is 0 Å². The van der Waals surface area contributed by atoms with E-state index in [1.54, 1.807) is 11.3 Å². The van der Waals surface area contributed by atoms with E-state index in [0.29, 0.717) is 0 Å². The molecule has 0 spiro atoms. The second-order valence-electron chi connectivity index (χ2n) is 4.88. The van der Waals surface area contributed by atoms with Crippen LogP contribution in [0.5, 0.6) is 0 Å². The first-order chi connectivity index (χ1) is 7.22. The first kappa shape index (κ1) is 11.2. The van der Waals surface area contributed by atoms with Crippen molar-refractivity contribution in [2.75, 3.05) is 0 Å². The average molecular weight is 224 g/mol. The Kier molecular flexibility index (Phi) is 3.47. The van der Waals surface area contributed by atoms with E-state index in [-0.39, 0.29) is 0 Å². The average Bonchev–Trinajstić information content (AvgIpc) is 2.71. The Labute approximate surface area is 96.1 Å². The third-order valence-corrected chi connectivity index (χ3v) is 4.46. The zero-order valence-electron chi connectivity index (χ0n) is 9.41. The maximum Gasteiger partial charge on any atom is 0.0688 e. The molecule has 2 rings (SSSR count). The van der Waals surface area contributed by atoms with Gasteiger partial charge in [0.1, 0.15) is 0 Å². The molecule has 1 aliphatic carbocycles. The highest BCUT2D eigenvalue weighted by Gasteiger charge is 2.32. The summed E-state index contributed by atoms with van der Waals surface area (Å²) in [5.74, 6) is 0.854. The van der Waals surface area contributed by atoms with Gasteiger partial charge in [-0.3, -0.25) is 0 Å². The minimum atomic E-state index is -0.410. The van der Waals surface area contributed by atoms with Crippen LogP contribution in [0.15, 0.2) is 16.8 Å². The van der Waals surface area contributed by atoms with E-state index in [9.17, 15) is 5.11 Å². The summed E-state index contributed by atoms with van der Waals surface area (Å²) in [7, 11) is 0. The number of hydrogen-bond acceptors (Lipinski definition) is 2. The van der Waals surface area contributed by atoms with Crippen molar-refractivity contribution >= 4 is 11.3 Å². The highest BCUT2D eigenvalue weighted by molar-refractivity contribution is 7.07. The zero-order valence-corrected chi connectivity index (χ0v) is 10.2. The smallest absolute Gasteiger partial charge is 0.0688 e. The van der Waals surface area contributed by atoms with Crippen LogP contribution in [-0.4, -0.2) is 10.7 Å². The molecule has 0 radical (unpaired) electrons. The molecule has 0 bridgehead atoms. The van der Waals surface area contributed by atoms with Crippen LogP contribution in [0, 0.1) is 5.92 Å². The fraction of sp³-hybridized carbons (Fsp3) is 0.692. The Morgan fingerprint density at radius 1 is 1.47 bits per heavy atom. The quantitative estimate of drug-likeness (QED) is 0.831. The predicted molar refractivity (Wildman–Crippen MR) is 65.2 cm³/mol. The summed E-state index contributed by atoms with van der Waals surface area (Å²) < 4.78 is 0. The standard InChI is InChI=1S/C13H20OS/c1-2-11-3-6-13(14,7-4-11)9-12-5-8-15-10-12/h5,8,10-11,14H,2-4,6-7,9H2,1H3. The molecule has 0 amide bonds. The van der Waals surface area contributed by atoms with Gasteiger partial charge in [0.2, 0.25) is 0 Å². The van der Waals surface area contributed by atoms with E-state index >= 15 is 0 Å². The lowest BCUT2D eigenvalue weighted by atomic mass is 9.75. The lowest BCUT2D eigenvalue weighted by Crippen LogP contribution is -2.36. The Morgan fingerprint density at radius 3 is 2.73 bits per heavy atom. The second-order valence-corrected chi connectivity index (χ2v) is 5.66.